The minimum atomic E-state index is 0.0381. The Morgan fingerprint density at radius 2 is 2.50 bits per heavy atom. The van der Waals surface area contributed by atoms with Gasteiger partial charge >= 0.3 is 0 Å². The molecule has 1 aromatic heterocycles. The van der Waals surface area contributed by atoms with Gasteiger partial charge < -0.3 is 5.73 Å². The summed E-state index contributed by atoms with van der Waals surface area (Å²) in [6.07, 6.45) is 4.37. The lowest BCUT2D eigenvalue weighted by Crippen LogP contribution is -2.10. The first kappa shape index (κ1) is 8.94. The molecular formula is C10H14N2. The Labute approximate surface area is 73.1 Å². The van der Waals surface area contributed by atoms with Gasteiger partial charge in [0.1, 0.15) is 0 Å². The van der Waals surface area contributed by atoms with Crippen LogP contribution in [0, 0.1) is 0 Å². The van der Waals surface area contributed by atoms with Gasteiger partial charge in [-0.2, -0.15) is 0 Å². The lowest BCUT2D eigenvalue weighted by Gasteiger charge is -2.10. The SMILES string of the molecule is C=C(C)C[C@H](N)c1cccnc1. The van der Waals surface area contributed by atoms with Crippen molar-refractivity contribution in [2.24, 2.45) is 5.73 Å². The lowest BCUT2D eigenvalue weighted by atomic mass is 10.0. The lowest BCUT2D eigenvalue weighted by molar-refractivity contribution is 0.713. The molecule has 1 aromatic rings. The molecule has 0 spiro atoms. The zero-order valence-corrected chi connectivity index (χ0v) is 7.33. The van der Waals surface area contributed by atoms with E-state index in [1.165, 1.54) is 0 Å². The molecular weight excluding hydrogens is 148 g/mol. The Balaban J connectivity index is 2.65. The molecule has 0 amide bonds. The minimum Gasteiger partial charge on any atom is -0.324 e. The summed E-state index contributed by atoms with van der Waals surface area (Å²) >= 11 is 0. The summed E-state index contributed by atoms with van der Waals surface area (Å²) in [7, 11) is 0. The maximum Gasteiger partial charge on any atom is 0.0347 e. The Hall–Kier alpha value is -1.15. The van der Waals surface area contributed by atoms with Crippen LogP contribution in [-0.4, -0.2) is 4.98 Å². The van der Waals surface area contributed by atoms with Crippen LogP contribution >= 0.6 is 0 Å². The summed E-state index contributed by atoms with van der Waals surface area (Å²) in [5.41, 5.74) is 8.07. The average molecular weight is 162 g/mol. The van der Waals surface area contributed by atoms with Crippen LogP contribution in [0.3, 0.4) is 0 Å². The van der Waals surface area contributed by atoms with Gasteiger partial charge in [-0.1, -0.05) is 11.6 Å². The number of hydrogen-bond acceptors (Lipinski definition) is 2. The standard InChI is InChI=1S/C10H14N2/c1-8(2)6-10(11)9-4-3-5-12-7-9/h3-5,7,10H,1,6,11H2,2H3/t10-/m0/s1. The molecule has 2 nitrogen and oxygen atoms in total. The van der Waals surface area contributed by atoms with E-state index in [9.17, 15) is 0 Å². The fourth-order valence-electron chi connectivity index (χ4n) is 1.09. The van der Waals surface area contributed by atoms with Crippen LogP contribution in [0.15, 0.2) is 36.7 Å². The smallest absolute Gasteiger partial charge is 0.0347 e. The van der Waals surface area contributed by atoms with Crippen LogP contribution < -0.4 is 5.73 Å². The second-order valence-corrected chi connectivity index (χ2v) is 3.05. The van der Waals surface area contributed by atoms with E-state index in [0.717, 1.165) is 17.6 Å². The van der Waals surface area contributed by atoms with Crippen molar-refractivity contribution in [3.8, 4) is 0 Å². The molecule has 0 aliphatic heterocycles. The summed E-state index contributed by atoms with van der Waals surface area (Å²) in [6.45, 7) is 5.80. The molecule has 0 unspecified atom stereocenters. The van der Waals surface area contributed by atoms with Gasteiger partial charge in [-0.15, -0.1) is 6.58 Å². The van der Waals surface area contributed by atoms with Gasteiger partial charge in [-0.3, -0.25) is 4.98 Å². The second-order valence-electron chi connectivity index (χ2n) is 3.05. The molecule has 0 fully saturated rings. The van der Waals surface area contributed by atoms with Gasteiger partial charge in [-0.25, -0.2) is 0 Å². The number of rotatable bonds is 3. The third-order valence-corrected chi connectivity index (χ3v) is 1.68. The van der Waals surface area contributed by atoms with Crippen molar-refractivity contribution in [1.82, 2.24) is 4.98 Å². The molecule has 2 N–H and O–H groups in total. The molecule has 64 valence electrons. The van der Waals surface area contributed by atoms with Crippen molar-refractivity contribution in [3.05, 3.63) is 42.2 Å². The van der Waals surface area contributed by atoms with Gasteiger partial charge in [0.2, 0.25) is 0 Å². The van der Waals surface area contributed by atoms with Crippen LogP contribution in [0.5, 0.6) is 0 Å². The van der Waals surface area contributed by atoms with Gasteiger partial charge in [-0.05, 0) is 25.0 Å². The molecule has 0 aliphatic carbocycles. The van der Waals surface area contributed by atoms with E-state index in [-0.39, 0.29) is 6.04 Å². The largest absolute Gasteiger partial charge is 0.324 e. The summed E-state index contributed by atoms with van der Waals surface area (Å²) < 4.78 is 0. The van der Waals surface area contributed by atoms with E-state index in [2.05, 4.69) is 11.6 Å². The Morgan fingerprint density at radius 3 is 3.00 bits per heavy atom. The number of nitrogens with two attached hydrogens (primary N) is 1. The number of pyridine rings is 1. The van der Waals surface area contributed by atoms with Crippen molar-refractivity contribution >= 4 is 0 Å². The molecule has 12 heavy (non-hydrogen) atoms. The normalized spacial score (nSPS) is 12.5. The highest BCUT2D eigenvalue weighted by Gasteiger charge is 2.04. The molecule has 0 bridgehead atoms. The first-order valence-electron chi connectivity index (χ1n) is 4.00. The monoisotopic (exact) mass is 162 g/mol. The van der Waals surface area contributed by atoms with Gasteiger partial charge in [0.05, 0.1) is 0 Å². The molecule has 0 radical (unpaired) electrons. The van der Waals surface area contributed by atoms with Gasteiger partial charge in [0.25, 0.3) is 0 Å². The number of hydrogen-bond donors (Lipinski definition) is 1. The molecule has 1 heterocycles. The molecule has 1 atom stereocenters. The third kappa shape index (κ3) is 2.47. The average Bonchev–Trinajstić information content (AvgIpc) is 2.05. The topological polar surface area (TPSA) is 38.9 Å². The summed E-state index contributed by atoms with van der Waals surface area (Å²) in [4.78, 5) is 4.00. The Morgan fingerprint density at radius 1 is 1.75 bits per heavy atom. The van der Waals surface area contributed by atoms with Crippen molar-refractivity contribution in [2.45, 2.75) is 19.4 Å². The molecule has 2 heteroatoms. The van der Waals surface area contributed by atoms with Crippen molar-refractivity contribution in [1.29, 1.82) is 0 Å². The predicted molar refractivity (Wildman–Crippen MR) is 50.6 cm³/mol. The second kappa shape index (κ2) is 4.02. The van der Waals surface area contributed by atoms with Crippen LogP contribution in [0.2, 0.25) is 0 Å². The van der Waals surface area contributed by atoms with Crippen molar-refractivity contribution < 1.29 is 0 Å². The maximum absolute atomic E-state index is 5.90. The Bertz CT molecular complexity index is 254. The van der Waals surface area contributed by atoms with E-state index >= 15 is 0 Å². The quantitative estimate of drug-likeness (QED) is 0.691. The fourth-order valence-corrected chi connectivity index (χ4v) is 1.09. The fraction of sp³-hybridized carbons (Fsp3) is 0.300. The summed E-state index contributed by atoms with van der Waals surface area (Å²) in [5.74, 6) is 0. The molecule has 0 aliphatic rings. The van der Waals surface area contributed by atoms with E-state index < -0.39 is 0 Å². The van der Waals surface area contributed by atoms with Crippen LogP contribution in [-0.2, 0) is 0 Å². The number of aromatic nitrogens is 1. The van der Waals surface area contributed by atoms with E-state index in [4.69, 9.17) is 5.73 Å². The van der Waals surface area contributed by atoms with E-state index in [1.807, 2.05) is 19.1 Å². The Kier molecular flexibility index (Phi) is 3.00. The summed E-state index contributed by atoms with van der Waals surface area (Å²) in [5, 5.41) is 0. The highest BCUT2D eigenvalue weighted by atomic mass is 14.7. The van der Waals surface area contributed by atoms with Crippen LogP contribution in [0.4, 0.5) is 0 Å². The molecule has 0 saturated carbocycles. The first-order valence-corrected chi connectivity index (χ1v) is 4.00. The first-order chi connectivity index (χ1) is 5.70. The highest BCUT2D eigenvalue weighted by molar-refractivity contribution is 5.15. The number of nitrogens with zero attached hydrogens (tertiary/aromatic N) is 1. The summed E-state index contributed by atoms with van der Waals surface area (Å²) in [6, 6.07) is 3.92. The van der Waals surface area contributed by atoms with Crippen molar-refractivity contribution in [3.63, 3.8) is 0 Å². The zero-order valence-electron chi connectivity index (χ0n) is 7.33. The van der Waals surface area contributed by atoms with E-state index in [1.54, 1.807) is 12.4 Å². The highest BCUT2D eigenvalue weighted by Crippen LogP contribution is 2.15. The molecule has 1 rings (SSSR count). The molecule has 0 saturated heterocycles. The van der Waals surface area contributed by atoms with E-state index in [0.29, 0.717) is 0 Å². The molecule has 0 aromatic carbocycles. The van der Waals surface area contributed by atoms with Crippen molar-refractivity contribution in [2.75, 3.05) is 0 Å². The van der Waals surface area contributed by atoms with Crippen LogP contribution in [0.1, 0.15) is 24.9 Å². The predicted octanol–water partition coefficient (Wildman–Crippen LogP) is 2.05. The van der Waals surface area contributed by atoms with Gasteiger partial charge in [0.15, 0.2) is 0 Å². The maximum atomic E-state index is 5.90. The minimum absolute atomic E-state index is 0.0381. The van der Waals surface area contributed by atoms with Gasteiger partial charge in [0, 0.05) is 18.4 Å². The zero-order chi connectivity index (χ0) is 8.97. The van der Waals surface area contributed by atoms with Crippen LogP contribution in [0.25, 0.3) is 0 Å². The third-order valence-electron chi connectivity index (χ3n) is 1.68.